The number of phenols is 1. The third-order valence-electron chi connectivity index (χ3n) is 6.29. The van der Waals surface area contributed by atoms with Gasteiger partial charge in [0.1, 0.15) is 5.75 Å². The van der Waals surface area contributed by atoms with E-state index >= 15 is 0 Å². The highest BCUT2D eigenvalue weighted by atomic mass is 31.1. The van der Waals surface area contributed by atoms with Gasteiger partial charge in [-0.05, 0) is 73.6 Å². The van der Waals surface area contributed by atoms with Crippen LogP contribution in [-0.2, 0) is 4.74 Å². The second-order valence-corrected chi connectivity index (χ2v) is 9.96. The van der Waals surface area contributed by atoms with Gasteiger partial charge in [0.15, 0.2) is 0 Å². The average Bonchev–Trinajstić information content (AvgIpc) is 2.76. The first kappa shape index (κ1) is 28.8. The van der Waals surface area contributed by atoms with Crippen molar-refractivity contribution in [2.24, 2.45) is 11.8 Å². The number of rotatable bonds is 16. The fourth-order valence-corrected chi connectivity index (χ4v) is 5.30. The van der Waals surface area contributed by atoms with E-state index < -0.39 is 0 Å². The van der Waals surface area contributed by atoms with E-state index in [4.69, 9.17) is 14.9 Å². The Morgan fingerprint density at radius 2 is 1.81 bits per heavy atom. The van der Waals surface area contributed by atoms with Gasteiger partial charge >= 0.3 is 5.97 Å². The minimum atomic E-state index is -0.384. The number of phenolic OH excluding ortho intramolecular Hbond substituents is 1. The zero-order chi connectivity index (χ0) is 24.1. The Morgan fingerprint density at radius 1 is 1.16 bits per heavy atom. The Bertz CT molecular complexity index is 679. The largest absolute Gasteiger partial charge is 0.507 e. The summed E-state index contributed by atoms with van der Waals surface area (Å²) in [5.74, 6) is 1.29. The minimum absolute atomic E-state index is 0.0318. The number of hydrogen-bond donors (Lipinski definition) is 3. The van der Waals surface area contributed by atoms with Crippen molar-refractivity contribution in [1.29, 1.82) is 0 Å². The van der Waals surface area contributed by atoms with E-state index in [0.717, 1.165) is 27.0 Å². The summed E-state index contributed by atoms with van der Waals surface area (Å²) in [5, 5.41) is 28.8. The summed E-state index contributed by atoms with van der Waals surface area (Å²) < 4.78 is 5.47. The second-order valence-electron chi connectivity index (χ2n) is 8.85. The highest BCUT2D eigenvalue weighted by Gasteiger charge is 2.23. The van der Waals surface area contributed by atoms with Crippen molar-refractivity contribution in [1.82, 2.24) is 4.90 Å². The summed E-state index contributed by atoms with van der Waals surface area (Å²) in [6.07, 6.45) is 3.96. The molecule has 0 saturated heterocycles. The molecule has 3 N–H and O–H groups in total. The van der Waals surface area contributed by atoms with Gasteiger partial charge in [-0.15, -0.1) is 8.58 Å². The quantitative estimate of drug-likeness (QED) is 0.193. The van der Waals surface area contributed by atoms with Crippen molar-refractivity contribution >= 4 is 14.6 Å². The Morgan fingerprint density at radius 3 is 2.38 bits per heavy atom. The standard InChI is InChI=1S/C25H44NO5P/c1-6-21(20(4)17-32-5)14-18(2)23-16-22(15-19(3)24(23)29)25(30)31-13-7-8-26(9-11-27)10-12-28/h15-16,18,20-21,27-29,32H,6-14,17H2,1-5H3. The highest BCUT2D eigenvalue weighted by Crippen LogP contribution is 2.37. The van der Waals surface area contributed by atoms with E-state index in [9.17, 15) is 9.90 Å². The van der Waals surface area contributed by atoms with Gasteiger partial charge in [0, 0.05) is 19.6 Å². The van der Waals surface area contributed by atoms with Crippen molar-refractivity contribution < 1.29 is 24.9 Å². The van der Waals surface area contributed by atoms with Crippen molar-refractivity contribution in [2.45, 2.75) is 52.9 Å². The van der Waals surface area contributed by atoms with E-state index in [-0.39, 0.29) is 37.5 Å². The number of carbonyl (C=O) groups is 1. The normalized spacial score (nSPS) is 14.8. The molecule has 1 aromatic rings. The fourth-order valence-electron chi connectivity index (χ4n) is 4.33. The summed E-state index contributed by atoms with van der Waals surface area (Å²) in [5.41, 5.74) is 1.98. The molecule has 32 heavy (non-hydrogen) atoms. The van der Waals surface area contributed by atoms with E-state index in [0.29, 0.717) is 49.0 Å². The Balaban J connectivity index is 2.79. The molecule has 184 valence electrons. The van der Waals surface area contributed by atoms with Crippen LogP contribution in [0.25, 0.3) is 0 Å². The molecule has 0 aliphatic rings. The topological polar surface area (TPSA) is 90.2 Å². The van der Waals surface area contributed by atoms with Crippen LogP contribution in [-0.4, -0.2) is 78.5 Å². The number of aromatic hydroxyl groups is 1. The Labute approximate surface area is 196 Å². The molecule has 0 aromatic heterocycles. The highest BCUT2D eigenvalue weighted by molar-refractivity contribution is 7.36. The van der Waals surface area contributed by atoms with Gasteiger partial charge in [-0.1, -0.05) is 27.2 Å². The number of benzene rings is 1. The summed E-state index contributed by atoms with van der Waals surface area (Å²) in [4.78, 5) is 14.6. The van der Waals surface area contributed by atoms with Gasteiger partial charge in [-0.2, -0.15) is 0 Å². The van der Waals surface area contributed by atoms with E-state index in [1.54, 1.807) is 12.1 Å². The molecule has 7 heteroatoms. The minimum Gasteiger partial charge on any atom is -0.507 e. The lowest BCUT2D eigenvalue weighted by molar-refractivity contribution is 0.0481. The van der Waals surface area contributed by atoms with Crippen LogP contribution in [0, 0.1) is 18.8 Å². The first-order valence-corrected chi connectivity index (χ1v) is 13.6. The molecule has 0 amide bonds. The van der Waals surface area contributed by atoms with Crippen LogP contribution in [0.4, 0.5) is 0 Å². The maximum absolute atomic E-state index is 12.7. The number of aliphatic hydroxyl groups excluding tert-OH is 2. The predicted molar refractivity (Wildman–Crippen MR) is 133 cm³/mol. The van der Waals surface area contributed by atoms with E-state index in [1.165, 1.54) is 6.16 Å². The lowest BCUT2D eigenvalue weighted by atomic mass is 9.81. The molecule has 4 unspecified atom stereocenters. The smallest absolute Gasteiger partial charge is 0.338 e. The predicted octanol–water partition coefficient (Wildman–Crippen LogP) is 4.00. The van der Waals surface area contributed by atoms with Crippen LogP contribution in [0.5, 0.6) is 5.75 Å². The summed E-state index contributed by atoms with van der Waals surface area (Å²) in [6, 6.07) is 3.48. The molecule has 1 rings (SSSR count). The van der Waals surface area contributed by atoms with Crippen molar-refractivity contribution in [2.75, 3.05) is 52.3 Å². The fraction of sp³-hybridized carbons (Fsp3) is 0.720. The van der Waals surface area contributed by atoms with Gasteiger partial charge < -0.3 is 20.1 Å². The van der Waals surface area contributed by atoms with Gasteiger partial charge in [-0.25, -0.2) is 4.79 Å². The van der Waals surface area contributed by atoms with Crippen LogP contribution in [0.2, 0.25) is 0 Å². The SMILES string of the molecule is CCC(CC(C)c1cc(C(=O)OCCCN(CCO)CCO)cc(C)c1O)C(C)CPC. The van der Waals surface area contributed by atoms with Crippen LogP contribution in [0.3, 0.4) is 0 Å². The van der Waals surface area contributed by atoms with E-state index in [2.05, 4.69) is 27.4 Å². The number of aliphatic hydroxyl groups is 2. The zero-order valence-corrected chi connectivity index (χ0v) is 21.6. The Kier molecular flexibility index (Phi) is 14.1. The molecular weight excluding hydrogens is 425 g/mol. The lowest BCUT2D eigenvalue weighted by Gasteiger charge is -2.26. The number of nitrogens with zero attached hydrogens (tertiary/aromatic N) is 1. The second kappa shape index (κ2) is 15.6. The number of carbonyl (C=O) groups excluding carboxylic acids is 1. The number of ether oxygens (including phenoxy) is 1. The van der Waals surface area contributed by atoms with Gasteiger partial charge in [0.2, 0.25) is 0 Å². The molecule has 1 aromatic carbocycles. The number of esters is 1. The molecule has 0 bridgehead atoms. The van der Waals surface area contributed by atoms with Crippen molar-refractivity contribution in [3.8, 4) is 5.75 Å². The number of hydrogen-bond acceptors (Lipinski definition) is 6. The molecular formula is C25H44NO5P. The van der Waals surface area contributed by atoms with Gasteiger partial charge in [0.05, 0.1) is 25.4 Å². The molecule has 6 nitrogen and oxygen atoms in total. The van der Waals surface area contributed by atoms with Crippen LogP contribution in [0.1, 0.15) is 67.4 Å². The van der Waals surface area contributed by atoms with Gasteiger partial charge in [-0.3, -0.25) is 4.90 Å². The summed E-state index contributed by atoms with van der Waals surface area (Å²) in [7, 11) is 0.946. The monoisotopic (exact) mass is 469 g/mol. The molecule has 0 saturated carbocycles. The first-order chi connectivity index (χ1) is 15.3. The molecule has 4 atom stereocenters. The number of aryl methyl sites for hydroxylation is 1. The average molecular weight is 470 g/mol. The van der Waals surface area contributed by atoms with Crippen molar-refractivity contribution in [3.05, 3.63) is 28.8 Å². The molecule has 0 heterocycles. The molecule has 0 spiro atoms. The third-order valence-corrected chi connectivity index (χ3v) is 7.34. The molecule has 0 aliphatic heterocycles. The maximum atomic E-state index is 12.7. The molecule has 0 radical (unpaired) electrons. The summed E-state index contributed by atoms with van der Waals surface area (Å²) >= 11 is 0. The zero-order valence-electron chi connectivity index (χ0n) is 20.6. The lowest BCUT2D eigenvalue weighted by Crippen LogP contribution is -2.31. The van der Waals surface area contributed by atoms with E-state index in [1.807, 2.05) is 11.8 Å². The van der Waals surface area contributed by atoms with Crippen LogP contribution in [0.15, 0.2) is 12.1 Å². The third kappa shape index (κ3) is 9.35. The van der Waals surface area contributed by atoms with Crippen LogP contribution < -0.4 is 0 Å². The van der Waals surface area contributed by atoms with Crippen LogP contribution >= 0.6 is 8.58 Å². The Hall–Kier alpha value is -1.20. The molecule has 0 aliphatic carbocycles. The van der Waals surface area contributed by atoms with Crippen molar-refractivity contribution in [3.63, 3.8) is 0 Å². The molecule has 0 fully saturated rings. The first-order valence-electron chi connectivity index (χ1n) is 11.9. The summed E-state index contributed by atoms with van der Waals surface area (Å²) in [6.45, 7) is 12.7. The maximum Gasteiger partial charge on any atom is 0.338 e. The van der Waals surface area contributed by atoms with Gasteiger partial charge in [0.25, 0.3) is 0 Å².